The van der Waals surface area contributed by atoms with Crippen molar-refractivity contribution >= 4 is 11.9 Å². The van der Waals surface area contributed by atoms with E-state index in [2.05, 4.69) is 46.6 Å². The molecule has 0 aromatic heterocycles. The molecule has 23 heavy (non-hydrogen) atoms. The van der Waals surface area contributed by atoms with Crippen molar-refractivity contribution in [2.75, 3.05) is 32.7 Å². The van der Waals surface area contributed by atoms with Crippen molar-refractivity contribution < 1.29 is 4.79 Å². The molecule has 1 heterocycles. The van der Waals surface area contributed by atoms with Crippen LogP contribution in [-0.4, -0.2) is 61.6 Å². The highest BCUT2D eigenvalue weighted by atomic mass is 16.1. The summed E-state index contributed by atoms with van der Waals surface area (Å²) in [6.45, 7) is 12.9. The standard InChI is InChI=1S/C17H35N5O/c1-5-14(4)21-16(23)10-11-19-17(18-6-2)20-13-15-9-8-12-22(15)7-3/h14-15H,5-13H2,1-4H3,(H,21,23)(H2,18,19,20). The van der Waals surface area contributed by atoms with E-state index in [4.69, 9.17) is 0 Å². The highest BCUT2D eigenvalue weighted by molar-refractivity contribution is 5.81. The molecule has 0 bridgehead atoms. The summed E-state index contributed by atoms with van der Waals surface area (Å²) in [5, 5.41) is 9.49. The van der Waals surface area contributed by atoms with E-state index in [1.165, 1.54) is 19.4 Å². The van der Waals surface area contributed by atoms with Gasteiger partial charge in [-0.2, -0.15) is 0 Å². The summed E-state index contributed by atoms with van der Waals surface area (Å²) >= 11 is 0. The van der Waals surface area contributed by atoms with Crippen LogP contribution in [0.25, 0.3) is 0 Å². The smallest absolute Gasteiger partial charge is 0.221 e. The average Bonchev–Trinajstić information content (AvgIpc) is 2.99. The highest BCUT2D eigenvalue weighted by Gasteiger charge is 2.22. The van der Waals surface area contributed by atoms with Crippen LogP contribution in [0.3, 0.4) is 0 Å². The fraction of sp³-hybridized carbons (Fsp3) is 0.882. The van der Waals surface area contributed by atoms with Gasteiger partial charge in [0.05, 0.1) is 6.54 Å². The number of nitrogens with zero attached hydrogens (tertiary/aromatic N) is 2. The van der Waals surface area contributed by atoms with Crippen molar-refractivity contribution in [3.63, 3.8) is 0 Å². The second kappa shape index (κ2) is 11.3. The zero-order chi connectivity index (χ0) is 17.1. The van der Waals surface area contributed by atoms with Crippen LogP contribution in [0.5, 0.6) is 0 Å². The summed E-state index contributed by atoms with van der Waals surface area (Å²) in [5.41, 5.74) is 0. The molecule has 3 N–H and O–H groups in total. The Balaban J connectivity index is 2.36. The lowest BCUT2D eigenvalue weighted by Crippen LogP contribution is -2.41. The topological polar surface area (TPSA) is 68.8 Å². The van der Waals surface area contributed by atoms with Gasteiger partial charge in [0, 0.05) is 31.6 Å². The molecule has 2 atom stereocenters. The van der Waals surface area contributed by atoms with E-state index < -0.39 is 0 Å². The van der Waals surface area contributed by atoms with Crippen molar-refractivity contribution in [3.8, 4) is 0 Å². The first-order valence-electron chi connectivity index (χ1n) is 9.16. The molecule has 1 aliphatic rings. The van der Waals surface area contributed by atoms with Gasteiger partial charge in [0.25, 0.3) is 0 Å². The van der Waals surface area contributed by atoms with E-state index in [1.807, 2.05) is 6.92 Å². The quantitative estimate of drug-likeness (QED) is 0.442. The zero-order valence-electron chi connectivity index (χ0n) is 15.3. The maximum Gasteiger partial charge on any atom is 0.221 e. The second-order valence-electron chi connectivity index (χ2n) is 6.20. The van der Waals surface area contributed by atoms with Crippen molar-refractivity contribution in [1.82, 2.24) is 20.9 Å². The van der Waals surface area contributed by atoms with Crippen LogP contribution in [0.15, 0.2) is 4.99 Å². The van der Waals surface area contributed by atoms with Gasteiger partial charge in [0.1, 0.15) is 0 Å². The van der Waals surface area contributed by atoms with Crippen molar-refractivity contribution in [1.29, 1.82) is 0 Å². The summed E-state index contributed by atoms with van der Waals surface area (Å²) in [6, 6.07) is 0.802. The molecule has 0 aromatic rings. The lowest BCUT2D eigenvalue weighted by molar-refractivity contribution is -0.121. The van der Waals surface area contributed by atoms with E-state index in [-0.39, 0.29) is 11.9 Å². The number of likely N-dealkylation sites (N-methyl/N-ethyl adjacent to an activating group) is 1. The number of likely N-dealkylation sites (tertiary alicyclic amines) is 1. The largest absolute Gasteiger partial charge is 0.357 e. The van der Waals surface area contributed by atoms with Gasteiger partial charge in [-0.1, -0.05) is 13.8 Å². The number of carbonyl (C=O) groups is 1. The molecule has 0 aromatic carbocycles. The minimum atomic E-state index is 0.0932. The Morgan fingerprint density at radius 3 is 2.74 bits per heavy atom. The fourth-order valence-corrected chi connectivity index (χ4v) is 2.80. The van der Waals surface area contributed by atoms with Crippen LogP contribution in [0.2, 0.25) is 0 Å². The van der Waals surface area contributed by atoms with E-state index in [1.54, 1.807) is 0 Å². The average molecular weight is 326 g/mol. The minimum absolute atomic E-state index is 0.0932. The maximum absolute atomic E-state index is 11.8. The van der Waals surface area contributed by atoms with E-state index in [9.17, 15) is 4.79 Å². The van der Waals surface area contributed by atoms with Crippen LogP contribution in [-0.2, 0) is 4.79 Å². The van der Waals surface area contributed by atoms with Gasteiger partial charge in [-0.25, -0.2) is 0 Å². The van der Waals surface area contributed by atoms with Crippen molar-refractivity contribution in [3.05, 3.63) is 0 Å². The monoisotopic (exact) mass is 325 g/mol. The molecular formula is C17H35N5O. The number of amides is 1. The van der Waals surface area contributed by atoms with E-state index in [0.29, 0.717) is 19.0 Å². The number of rotatable bonds is 9. The van der Waals surface area contributed by atoms with E-state index >= 15 is 0 Å². The molecule has 1 rings (SSSR count). The first-order valence-corrected chi connectivity index (χ1v) is 9.16. The third-order valence-electron chi connectivity index (χ3n) is 4.37. The highest BCUT2D eigenvalue weighted by Crippen LogP contribution is 2.16. The Kier molecular flexibility index (Phi) is 9.67. The van der Waals surface area contributed by atoms with Crippen LogP contribution in [0, 0.1) is 0 Å². The van der Waals surface area contributed by atoms with Gasteiger partial charge in [0.2, 0.25) is 5.91 Å². The third kappa shape index (κ3) is 7.68. The molecule has 1 fully saturated rings. The first kappa shape index (κ1) is 19.7. The molecule has 1 saturated heterocycles. The first-order chi connectivity index (χ1) is 11.1. The lowest BCUT2D eigenvalue weighted by atomic mass is 10.2. The number of aliphatic imine (C=N–C) groups is 1. The Labute approximate surface area is 141 Å². The number of nitrogens with one attached hydrogen (secondary N) is 3. The van der Waals surface area contributed by atoms with Crippen LogP contribution < -0.4 is 16.0 Å². The molecule has 134 valence electrons. The Morgan fingerprint density at radius 2 is 2.09 bits per heavy atom. The summed E-state index contributed by atoms with van der Waals surface area (Å²) < 4.78 is 0. The van der Waals surface area contributed by atoms with Gasteiger partial charge in [-0.15, -0.1) is 0 Å². The fourth-order valence-electron chi connectivity index (χ4n) is 2.80. The van der Waals surface area contributed by atoms with Crippen LogP contribution in [0.4, 0.5) is 0 Å². The Hall–Kier alpha value is -1.30. The van der Waals surface area contributed by atoms with Gasteiger partial charge >= 0.3 is 0 Å². The molecule has 6 nitrogen and oxygen atoms in total. The Morgan fingerprint density at radius 1 is 1.30 bits per heavy atom. The molecule has 0 aliphatic carbocycles. The predicted octanol–water partition coefficient (Wildman–Crippen LogP) is 1.33. The SMILES string of the molecule is CCNC(=NCC1CCCN1CC)NCCC(=O)NC(C)CC. The Bertz CT molecular complexity index is 372. The molecular weight excluding hydrogens is 290 g/mol. The van der Waals surface area contributed by atoms with Gasteiger partial charge < -0.3 is 16.0 Å². The number of hydrogen-bond donors (Lipinski definition) is 3. The third-order valence-corrected chi connectivity index (χ3v) is 4.37. The zero-order valence-corrected chi connectivity index (χ0v) is 15.3. The molecule has 0 radical (unpaired) electrons. The number of guanidine groups is 1. The van der Waals surface area contributed by atoms with Crippen LogP contribution >= 0.6 is 0 Å². The van der Waals surface area contributed by atoms with Gasteiger partial charge in [-0.05, 0) is 46.2 Å². The molecule has 1 amide bonds. The summed E-state index contributed by atoms with van der Waals surface area (Å²) in [4.78, 5) is 19.0. The molecule has 0 saturated carbocycles. The van der Waals surface area contributed by atoms with Crippen LogP contribution in [0.1, 0.15) is 53.4 Å². The second-order valence-corrected chi connectivity index (χ2v) is 6.20. The minimum Gasteiger partial charge on any atom is -0.357 e. The lowest BCUT2D eigenvalue weighted by Gasteiger charge is -2.21. The summed E-state index contributed by atoms with van der Waals surface area (Å²) in [5.74, 6) is 0.905. The number of carbonyl (C=O) groups excluding carboxylic acids is 1. The maximum atomic E-state index is 11.8. The molecule has 1 aliphatic heterocycles. The van der Waals surface area contributed by atoms with E-state index in [0.717, 1.165) is 32.0 Å². The summed E-state index contributed by atoms with van der Waals surface area (Å²) in [7, 11) is 0. The normalized spacial score (nSPS) is 20.3. The molecule has 2 unspecified atom stereocenters. The number of hydrogen-bond acceptors (Lipinski definition) is 3. The van der Waals surface area contributed by atoms with Gasteiger partial charge in [0.15, 0.2) is 5.96 Å². The molecule has 6 heteroatoms. The van der Waals surface area contributed by atoms with Gasteiger partial charge in [-0.3, -0.25) is 14.7 Å². The van der Waals surface area contributed by atoms with Crippen molar-refractivity contribution in [2.24, 2.45) is 4.99 Å². The summed E-state index contributed by atoms with van der Waals surface area (Å²) in [6.07, 6.45) is 3.93. The molecule has 0 spiro atoms. The van der Waals surface area contributed by atoms with Crippen molar-refractivity contribution in [2.45, 2.75) is 65.5 Å². The predicted molar refractivity (Wildman–Crippen MR) is 96.8 cm³/mol.